The van der Waals surface area contributed by atoms with Gasteiger partial charge in [-0.05, 0) is 36.8 Å². The maximum Gasteiger partial charge on any atom is 0.238 e. The molecule has 1 fully saturated rings. The van der Waals surface area contributed by atoms with E-state index in [1.54, 1.807) is 0 Å². The van der Waals surface area contributed by atoms with Crippen molar-refractivity contribution in [3.8, 4) is 0 Å². The van der Waals surface area contributed by atoms with Gasteiger partial charge in [-0.3, -0.25) is 9.59 Å². The smallest absolute Gasteiger partial charge is 0.238 e. The van der Waals surface area contributed by atoms with E-state index in [2.05, 4.69) is 34.6 Å². The second kappa shape index (κ2) is 6.70. The number of aryl methyl sites for hydroxylation is 2. The topological polar surface area (TPSA) is 37.4 Å². The second-order valence-corrected chi connectivity index (χ2v) is 8.03. The molecule has 3 heteroatoms. The molecule has 3 unspecified atom stereocenters. The predicted octanol–water partition coefficient (Wildman–Crippen LogP) is 4.89. The Labute approximate surface area is 146 Å². The van der Waals surface area contributed by atoms with Crippen molar-refractivity contribution in [1.29, 1.82) is 0 Å². The number of rotatable bonds is 5. The van der Waals surface area contributed by atoms with E-state index in [0.29, 0.717) is 0 Å². The Hall–Kier alpha value is -1.64. The summed E-state index contributed by atoms with van der Waals surface area (Å²) in [4.78, 5) is 28.0. The van der Waals surface area contributed by atoms with Crippen molar-refractivity contribution in [2.45, 2.75) is 61.3 Å². The third kappa shape index (κ3) is 3.01. The van der Waals surface area contributed by atoms with Crippen molar-refractivity contribution in [2.24, 2.45) is 23.2 Å². The molecule has 0 aromatic heterocycles. The number of hydrogen-bond donors (Lipinski definition) is 0. The van der Waals surface area contributed by atoms with Crippen LogP contribution in [0, 0.1) is 37.0 Å². The van der Waals surface area contributed by atoms with E-state index in [1.165, 1.54) is 4.90 Å². The van der Waals surface area contributed by atoms with Crippen LogP contribution in [-0.4, -0.2) is 11.8 Å². The normalized spacial score (nSPS) is 23.0. The Morgan fingerprint density at radius 3 is 2.25 bits per heavy atom. The molecule has 0 aliphatic carbocycles. The fourth-order valence-corrected chi connectivity index (χ4v) is 3.85. The molecule has 24 heavy (non-hydrogen) atoms. The zero-order valence-electron chi connectivity index (χ0n) is 16.1. The van der Waals surface area contributed by atoms with Gasteiger partial charge in [-0.15, -0.1) is 0 Å². The van der Waals surface area contributed by atoms with Gasteiger partial charge in [0.1, 0.15) is 0 Å². The van der Waals surface area contributed by atoms with Crippen molar-refractivity contribution in [2.75, 3.05) is 4.90 Å². The Kier molecular flexibility index (Phi) is 5.22. The molecule has 0 spiro atoms. The highest BCUT2D eigenvalue weighted by Gasteiger charge is 2.55. The maximum atomic E-state index is 13.3. The number of carbonyl (C=O) groups excluding carboxylic acids is 2. The monoisotopic (exact) mass is 329 g/mol. The molecule has 2 rings (SSSR count). The van der Waals surface area contributed by atoms with Gasteiger partial charge in [0.15, 0.2) is 0 Å². The molecule has 0 bridgehead atoms. The van der Waals surface area contributed by atoms with Crippen LogP contribution in [0.2, 0.25) is 0 Å². The second-order valence-electron chi connectivity index (χ2n) is 8.03. The van der Waals surface area contributed by atoms with Crippen LogP contribution in [-0.2, 0) is 9.59 Å². The maximum absolute atomic E-state index is 13.3. The van der Waals surface area contributed by atoms with E-state index in [9.17, 15) is 9.59 Å². The summed E-state index contributed by atoms with van der Waals surface area (Å²) in [6.45, 7) is 14.5. The average molecular weight is 329 g/mol. The molecular formula is C21H31NO2. The van der Waals surface area contributed by atoms with Crippen molar-refractivity contribution in [3.05, 3.63) is 29.3 Å². The van der Waals surface area contributed by atoms with E-state index in [1.807, 2.05) is 32.0 Å². The van der Waals surface area contributed by atoms with Crippen LogP contribution >= 0.6 is 0 Å². The molecule has 3 nitrogen and oxygen atoms in total. The molecule has 1 aliphatic heterocycles. The summed E-state index contributed by atoms with van der Waals surface area (Å²) in [5.74, 6) is -0.311. The fraction of sp³-hybridized carbons (Fsp3) is 0.619. The number of imide groups is 1. The van der Waals surface area contributed by atoms with Crippen molar-refractivity contribution in [1.82, 2.24) is 0 Å². The molecule has 0 radical (unpaired) electrons. The van der Waals surface area contributed by atoms with Gasteiger partial charge in [-0.1, -0.05) is 65.2 Å². The summed E-state index contributed by atoms with van der Waals surface area (Å²) < 4.78 is 0. The first-order chi connectivity index (χ1) is 11.2. The van der Waals surface area contributed by atoms with Gasteiger partial charge in [0.25, 0.3) is 0 Å². The van der Waals surface area contributed by atoms with Crippen LogP contribution < -0.4 is 4.90 Å². The largest absolute Gasteiger partial charge is 0.274 e. The lowest BCUT2D eigenvalue weighted by Gasteiger charge is -2.33. The van der Waals surface area contributed by atoms with E-state index >= 15 is 0 Å². The van der Waals surface area contributed by atoms with E-state index in [0.717, 1.165) is 29.7 Å². The van der Waals surface area contributed by atoms with Gasteiger partial charge in [-0.2, -0.15) is 0 Å². The molecule has 1 saturated heterocycles. The van der Waals surface area contributed by atoms with Crippen LogP contribution in [0.5, 0.6) is 0 Å². The molecule has 1 aromatic carbocycles. The van der Waals surface area contributed by atoms with Crippen LogP contribution in [0.1, 0.15) is 58.6 Å². The first-order valence-corrected chi connectivity index (χ1v) is 9.10. The van der Waals surface area contributed by atoms with Crippen molar-refractivity contribution in [3.63, 3.8) is 0 Å². The minimum Gasteiger partial charge on any atom is -0.274 e. The number of carbonyl (C=O) groups is 2. The number of amides is 2. The molecule has 3 atom stereocenters. The minimum absolute atomic E-state index is 0.0205. The van der Waals surface area contributed by atoms with Crippen molar-refractivity contribution >= 4 is 17.5 Å². The summed E-state index contributed by atoms with van der Waals surface area (Å²) >= 11 is 0. The first kappa shape index (κ1) is 18.7. The number of anilines is 1. The third-order valence-corrected chi connectivity index (χ3v) is 5.95. The average Bonchev–Trinajstić information content (AvgIpc) is 2.79. The highest BCUT2D eigenvalue weighted by atomic mass is 16.2. The summed E-state index contributed by atoms with van der Waals surface area (Å²) in [6.07, 6.45) is 1.78. The zero-order valence-corrected chi connectivity index (χ0v) is 16.1. The zero-order chi connectivity index (χ0) is 18.2. The van der Waals surface area contributed by atoms with Crippen LogP contribution in [0.25, 0.3) is 0 Å². The summed E-state index contributed by atoms with van der Waals surface area (Å²) in [5.41, 5.74) is 2.68. The van der Waals surface area contributed by atoms with Gasteiger partial charge in [0, 0.05) is 0 Å². The van der Waals surface area contributed by atoms with Crippen LogP contribution in [0.15, 0.2) is 18.2 Å². The molecule has 2 amide bonds. The number of nitrogens with zero attached hydrogens (tertiary/aromatic N) is 1. The fourth-order valence-electron chi connectivity index (χ4n) is 3.85. The third-order valence-electron chi connectivity index (χ3n) is 5.95. The Bertz CT molecular complexity index is 647. The van der Waals surface area contributed by atoms with Gasteiger partial charge in [0.2, 0.25) is 11.8 Å². The highest BCUT2D eigenvalue weighted by molar-refractivity contribution is 6.22. The lowest BCUT2D eigenvalue weighted by Crippen LogP contribution is -2.36. The Balaban J connectivity index is 2.55. The van der Waals surface area contributed by atoms with Crippen molar-refractivity contribution < 1.29 is 9.59 Å². The quantitative estimate of drug-likeness (QED) is 0.721. The number of hydrogen-bond acceptors (Lipinski definition) is 2. The van der Waals surface area contributed by atoms with Gasteiger partial charge in [-0.25, -0.2) is 4.90 Å². The van der Waals surface area contributed by atoms with E-state index in [-0.39, 0.29) is 35.0 Å². The molecule has 1 heterocycles. The number of benzene rings is 1. The SMILES string of the molecule is CCC(C)C1C(=O)N(c2ccc(C)cc2C)C(=O)C1C(C)(C)CC. The molecule has 132 valence electrons. The lowest BCUT2D eigenvalue weighted by molar-refractivity contribution is -0.125. The first-order valence-electron chi connectivity index (χ1n) is 9.10. The minimum atomic E-state index is -0.245. The van der Waals surface area contributed by atoms with Gasteiger partial charge >= 0.3 is 0 Å². The molecular weight excluding hydrogens is 298 g/mol. The molecule has 1 aromatic rings. The van der Waals surface area contributed by atoms with Crippen LogP contribution in [0.4, 0.5) is 5.69 Å². The van der Waals surface area contributed by atoms with E-state index < -0.39 is 0 Å². The molecule has 0 saturated carbocycles. The molecule has 0 N–H and O–H groups in total. The summed E-state index contributed by atoms with van der Waals surface area (Å²) in [5, 5.41) is 0. The predicted molar refractivity (Wildman–Crippen MR) is 98.9 cm³/mol. The Morgan fingerprint density at radius 1 is 1.12 bits per heavy atom. The van der Waals surface area contributed by atoms with Gasteiger partial charge < -0.3 is 0 Å². The van der Waals surface area contributed by atoms with Gasteiger partial charge in [0.05, 0.1) is 17.5 Å². The lowest BCUT2D eigenvalue weighted by atomic mass is 9.67. The van der Waals surface area contributed by atoms with Crippen LogP contribution in [0.3, 0.4) is 0 Å². The standard InChI is InChI=1S/C21H31NO2/c1-8-14(4)17-18(21(6,7)9-2)20(24)22(19(17)23)16-11-10-13(3)12-15(16)5/h10-12,14,17-18H,8-9H2,1-7H3. The molecule has 1 aliphatic rings. The Morgan fingerprint density at radius 2 is 1.75 bits per heavy atom. The summed E-state index contributed by atoms with van der Waals surface area (Å²) in [6, 6.07) is 5.92. The summed E-state index contributed by atoms with van der Waals surface area (Å²) in [7, 11) is 0. The van der Waals surface area contributed by atoms with E-state index in [4.69, 9.17) is 0 Å². The highest BCUT2D eigenvalue weighted by Crippen LogP contribution is 2.47.